The highest BCUT2D eigenvalue weighted by Gasteiger charge is 2.06. The molecule has 1 aromatic heterocycles. The minimum atomic E-state index is -0.0892. The summed E-state index contributed by atoms with van der Waals surface area (Å²) < 4.78 is 6.77. The van der Waals surface area contributed by atoms with Crippen LogP contribution in [0.5, 0.6) is 5.75 Å². The van der Waals surface area contributed by atoms with Crippen molar-refractivity contribution < 1.29 is 9.53 Å². The fraction of sp³-hybridized carbons (Fsp3) is 0.167. The van der Waals surface area contributed by atoms with Crippen LogP contribution in [0, 0.1) is 0 Å². The summed E-state index contributed by atoms with van der Waals surface area (Å²) >= 11 is 0. The molecule has 0 bridgehead atoms. The van der Waals surface area contributed by atoms with E-state index < -0.39 is 0 Å². The first kappa shape index (κ1) is 15.7. The fourth-order valence-corrected chi connectivity index (χ4v) is 2.32. The molecule has 0 radical (unpaired) electrons. The number of benzene rings is 2. The van der Waals surface area contributed by atoms with Gasteiger partial charge in [-0.05, 0) is 48.4 Å². The first-order chi connectivity index (χ1) is 11.8. The monoisotopic (exact) mass is 322 g/mol. The first-order valence-electron chi connectivity index (χ1n) is 7.62. The summed E-state index contributed by atoms with van der Waals surface area (Å²) in [6.07, 6.45) is 3.86. The van der Waals surface area contributed by atoms with Crippen molar-refractivity contribution in [3.8, 4) is 11.4 Å². The molecule has 3 aromatic rings. The standard InChI is InChI=1S/C18H18N4O2/c1-24-17-8-2-14(3-9-17)10-11-20-18(23)15-4-6-16(7-5-15)22-13-19-12-21-22/h2-9,12-13H,10-11H2,1H3,(H,20,23). The zero-order valence-electron chi connectivity index (χ0n) is 13.3. The minimum absolute atomic E-state index is 0.0892. The molecule has 6 heteroatoms. The highest BCUT2D eigenvalue weighted by molar-refractivity contribution is 5.94. The van der Waals surface area contributed by atoms with Crippen LogP contribution in [-0.4, -0.2) is 34.3 Å². The second kappa shape index (κ2) is 7.41. The van der Waals surface area contributed by atoms with Gasteiger partial charge in [-0.15, -0.1) is 0 Å². The van der Waals surface area contributed by atoms with Gasteiger partial charge in [0, 0.05) is 12.1 Å². The molecule has 0 aliphatic rings. The quantitative estimate of drug-likeness (QED) is 0.756. The van der Waals surface area contributed by atoms with Crippen LogP contribution in [0.4, 0.5) is 0 Å². The van der Waals surface area contributed by atoms with Crippen LogP contribution in [0.3, 0.4) is 0 Å². The van der Waals surface area contributed by atoms with E-state index in [-0.39, 0.29) is 5.91 Å². The molecule has 0 atom stereocenters. The topological polar surface area (TPSA) is 69.0 Å². The molecule has 0 spiro atoms. The molecule has 3 rings (SSSR count). The maximum Gasteiger partial charge on any atom is 0.251 e. The number of aromatic nitrogens is 3. The Morgan fingerprint density at radius 3 is 2.50 bits per heavy atom. The molecule has 0 fully saturated rings. The van der Waals surface area contributed by atoms with Gasteiger partial charge in [0.05, 0.1) is 12.8 Å². The lowest BCUT2D eigenvalue weighted by atomic mass is 10.1. The molecule has 1 amide bonds. The summed E-state index contributed by atoms with van der Waals surface area (Å²) in [5, 5.41) is 6.98. The van der Waals surface area contributed by atoms with Gasteiger partial charge in [-0.1, -0.05) is 12.1 Å². The Morgan fingerprint density at radius 1 is 1.12 bits per heavy atom. The Morgan fingerprint density at radius 2 is 1.88 bits per heavy atom. The van der Waals surface area contributed by atoms with Gasteiger partial charge in [0.15, 0.2) is 0 Å². The third-order valence-corrected chi connectivity index (χ3v) is 3.67. The molecule has 0 aliphatic carbocycles. The molecule has 0 aliphatic heterocycles. The van der Waals surface area contributed by atoms with E-state index in [1.807, 2.05) is 36.4 Å². The average molecular weight is 322 g/mol. The van der Waals surface area contributed by atoms with Gasteiger partial charge in [0.2, 0.25) is 0 Å². The predicted octanol–water partition coefficient (Wildman–Crippen LogP) is 2.25. The normalized spacial score (nSPS) is 10.4. The van der Waals surface area contributed by atoms with Crippen molar-refractivity contribution in [2.75, 3.05) is 13.7 Å². The van der Waals surface area contributed by atoms with E-state index in [1.54, 1.807) is 30.3 Å². The molecule has 122 valence electrons. The van der Waals surface area contributed by atoms with E-state index in [1.165, 1.54) is 6.33 Å². The van der Waals surface area contributed by atoms with E-state index in [4.69, 9.17) is 4.74 Å². The summed E-state index contributed by atoms with van der Waals surface area (Å²) in [5.41, 5.74) is 2.63. The zero-order valence-corrected chi connectivity index (χ0v) is 13.3. The lowest BCUT2D eigenvalue weighted by Crippen LogP contribution is -2.25. The molecular weight excluding hydrogens is 304 g/mol. The van der Waals surface area contributed by atoms with Gasteiger partial charge in [-0.2, -0.15) is 5.10 Å². The van der Waals surface area contributed by atoms with Gasteiger partial charge >= 0.3 is 0 Å². The zero-order chi connectivity index (χ0) is 16.8. The van der Waals surface area contributed by atoms with Crippen LogP contribution >= 0.6 is 0 Å². The van der Waals surface area contributed by atoms with Gasteiger partial charge in [-0.25, -0.2) is 9.67 Å². The number of rotatable bonds is 6. The minimum Gasteiger partial charge on any atom is -0.497 e. The third kappa shape index (κ3) is 3.78. The Bertz CT molecular complexity index is 781. The van der Waals surface area contributed by atoms with Crippen molar-refractivity contribution in [2.24, 2.45) is 0 Å². The maximum absolute atomic E-state index is 12.2. The van der Waals surface area contributed by atoms with Crippen LogP contribution < -0.4 is 10.1 Å². The van der Waals surface area contributed by atoms with E-state index in [9.17, 15) is 4.79 Å². The average Bonchev–Trinajstić information content (AvgIpc) is 3.17. The van der Waals surface area contributed by atoms with E-state index >= 15 is 0 Å². The smallest absolute Gasteiger partial charge is 0.251 e. The highest BCUT2D eigenvalue weighted by atomic mass is 16.5. The van der Waals surface area contributed by atoms with Crippen LogP contribution in [0.25, 0.3) is 5.69 Å². The summed E-state index contributed by atoms with van der Waals surface area (Å²) in [4.78, 5) is 16.1. The largest absolute Gasteiger partial charge is 0.497 e. The summed E-state index contributed by atoms with van der Waals surface area (Å²) in [6, 6.07) is 15.1. The molecule has 1 N–H and O–H groups in total. The lowest BCUT2D eigenvalue weighted by Gasteiger charge is -2.07. The highest BCUT2D eigenvalue weighted by Crippen LogP contribution is 2.11. The van der Waals surface area contributed by atoms with Crippen molar-refractivity contribution in [1.82, 2.24) is 20.1 Å². The van der Waals surface area contributed by atoms with E-state index in [0.717, 1.165) is 23.4 Å². The second-order valence-corrected chi connectivity index (χ2v) is 5.24. The molecule has 0 saturated carbocycles. The molecule has 24 heavy (non-hydrogen) atoms. The molecule has 0 saturated heterocycles. The number of amides is 1. The number of carbonyl (C=O) groups is 1. The SMILES string of the molecule is COc1ccc(CCNC(=O)c2ccc(-n3cncn3)cc2)cc1. The lowest BCUT2D eigenvalue weighted by molar-refractivity contribution is 0.0954. The predicted molar refractivity (Wildman–Crippen MR) is 90.4 cm³/mol. The van der Waals surface area contributed by atoms with Crippen molar-refractivity contribution in [2.45, 2.75) is 6.42 Å². The van der Waals surface area contributed by atoms with Gasteiger partial charge < -0.3 is 10.1 Å². The molecular formula is C18H18N4O2. The molecule has 2 aromatic carbocycles. The van der Waals surface area contributed by atoms with Crippen molar-refractivity contribution in [3.05, 3.63) is 72.3 Å². The Kier molecular flexibility index (Phi) is 4.86. The third-order valence-electron chi connectivity index (χ3n) is 3.67. The number of nitrogens with zero attached hydrogens (tertiary/aromatic N) is 3. The van der Waals surface area contributed by atoms with Gasteiger partial charge in [0.25, 0.3) is 5.91 Å². The summed E-state index contributed by atoms with van der Waals surface area (Å²) in [6.45, 7) is 0.579. The fourth-order valence-electron chi connectivity index (χ4n) is 2.32. The Labute approximate surface area is 140 Å². The van der Waals surface area contributed by atoms with Crippen LogP contribution in [0.15, 0.2) is 61.2 Å². The van der Waals surface area contributed by atoms with Gasteiger partial charge in [-0.3, -0.25) is 4.79 Å². The second-order valence-electron chi connectivity index (χ2n) is 5.24. The Hall–Kier alpha value is -3.15. The molecule has 6 nitrogen and oxygen atoms in total. The van der Waals surface area contributed by atoms with Gasteiger partial charge in [0.1, 0.15) is 18.4 Å². The number of nitrogens with one attached hydrogen (secondary N) is 1. The summed E-state index contributed by atoms with van der Waals surface area (Å²) in [5.74, 6) is 0.740. The van der Waals surface area contributed by atoms with E-state index in [0.29, 0.717) is 12.1 Å². The molecule has 1 heterocycles. The number of hydrogen-bond donors (Lipinski definition) is 1. The van der Waals surface area contributed by atoms with Crippen molar-refractivity contribution in [3.63, 3.8) is 0 Å². The number of ether oxygens (including phenoxy) is 1. The number of hydrogen-bond acceptors (Lipinski definition) is 4. The Balaban J connectivity index is 1.53. The number of carbonyl (C=O) groups excluding carboxylic acids is 1. The maximum atomic E-state index is 12.2. The first-order valence-corrected chi connectivity index (χ1v) is 7.62. The van der Waals surface area contributed by atoms with E-state index in [2.05, 4.69) is 15.4 Å². The van der Waals surface area contributed by atoms with Crippen LogP contribution in [0.2, 0.25) is 0 Å². The molecule has 0 unspecified atom stereocenters. The summed E-state index contributed by atoms with van der Waals surface area (Å²) in [7, 11) is 1.64. The van der Waals surface area contributed by atoms with Crippen molar-refractivity contribution in [1.29, 1.82) is 0 Å². The van der Waals surface area contributed by atoms with Crippen LogP contribution in [-0.2, 0) is 6.42 Å². The number of methoxy groups -OCH3 is 1. The van der Waals surface area contributed by atoms with Crippen LogP contribution in [0.1, 0.15) is 15.9 Å². The van der Waals surface area contributed by atoms with Crippen molar-refractivity contribution >= 4 is 5.91 Å².